The van der Waals surface area contributed by atoms with Gasteiger partial charge in [0.05, 0.1) is 11.4 Å². The molecule has 0 saturated heterocycles. The molecular formula is C50H30N4O2. The lowest BCUT2D eigenvalue weighted by molar-refractivity contribution is 0.667. The zero-order valence-corrected chi connectivity index (χ0v) is 29.9. The highest BCUT2D eigenvalue weighted by Gasteiger charge is 2.21. The molecule has 0 unspecified atom stereocenters. The first kappa shape index (κ1) is 31.8. The third-order valence-electron chi connectivity index (χ3n) is 10.3. The van der Waals surface area contributed by atoms with Gasteiger partial charge in [-0.3, -0.25) is 0 Å². The summed E-state index contributed by atoms with van der Waals surface area (Å²) >= 11 is 0. The molecule has 4 heterocycles. The Kier molecular flexibility index (Phi) is 7.38. The lowest BCUT2D eigenvalue weighted by atomic mass is 9.99. The third kappa shape index (κ3) is 5.35. The van der Waals surface area contributed by atoms with Crippen LogP contribution in [0.3, 0.4) is 0 Å². The van der Waals surface area contributed by atoms with Gasteiger partial charge in [-0.25, -0.2) is 19.9 Å². The van der Waals surface area contributed by atoms with Crippen LogP contribution in [0.15, 0.2) is 191 Å². The molecule has 0 aliphatic heterocycles. The molecule has 11 rings (SSSR count). The fourth-order valence-electron chi connectivity index (χ4n) is 7.65. The van der Waals surface area contributed by atoms with Crippen molar-refractivity contribution < 1.29 is 8.83 Å². The lowest BCUT2D eigenvalue weighted by Crippen LogP contribution is -1.96. The Balaban J connectivity index is 1.03. The smallest absolute Gasteiger partial charge is 0.180 e. The second-order valence-corrected chi connectivity index (χ2v) is 13.8. The van der Waals surface area contributed by atoms with E-state index in [1.807, 2.05) is 91.0 Å². The van der Waals surface area contributed by atoms with E-state index in [1.165, 1.54) is 0 Å². The largest absolute Gasteiger partial charge is 0.455 e. The predicted octanol–water partition coefficient (Wildman–Crippen LogP) is 13.1. The fraction of sp³-hybridized carbons (Fsp3) is 0. The number of hydrogen-bond donors (Lipinski definition) is 0. The first-order valence-electron chi connectivity index (χ1n) is 18.6. The van der Waals surface area contributed by atoms with Gasteiger partial charge in [-0.15, -0.1) is 0 Å². The highest BCUT2D eigenvalue weighted by Crippen LogP contribution is 2.41. The summed E-state index contributed by atoms with van der Waals surface area (Å²) in [6, 6.07) is 61.5. The number of benzene rings is 7. The number of hydrogen-bond acceptors (Lipinski definition) is 6. The monoisotopic (exact) mass is 718 g/mol. The lowest BCUT2D eigenvalue weighted by Gasteiger charge is -2.10. The summed E-state index contributed by atoms with van der Waals surface area (Å²) in [5.74, 6) is 1.28. The van der Waals surface area contributed by atoms with E-state index in [4.69, 9.17) is 28.8 Å². The SMILES string of the molecule is c1ccc(-c2cc(-c3ccccc3)nc(-c3cccc4oc5c(-c6ccc(-c7nc(-c8ccccc8)c8oc9ccccc9c8n7)cc6)cccc5c34)n2)cc1. The van der Waals surface area contributed by atoms with Gasteiger partial charge in [-0.05, 0) is 29.8 Å². The minimum Gasteiger partial charge on any atom is -0.455 e. The van der Waals surface area contributed by atoms with E-state index in [1.54, 1.807) is 0 Å². The number of para-hydroxylation sites is 2. The molecule has 6 nitrogen and oxygen atoms in total. The van der Waals surface area contributed by atoms with Gasteiger partial charge in [0.15, 0.2) is 17.2 Å². The van der Waals surface area contributed by atoms with Crippen molar-refractivity contribution in [1.82, 2.24) is 19.9 Å². The van der Waals surface area contributed by atoms with Crippen LogP contribution in [-0.4, -0.2) is 19.9 Å². The van der Waals surface area contributed by atoms with E-state index >= 15 is 0 Å². The Morgan fingerprint density at radius 3 is 1.61 bits per heavy atom. The van der Waals surface area contributed by atoms with Crippen molar-refractivity contribution in [2.45, 2.75) is 0 Å². The van der Waals surface area contributed by atoms with Crippen LogP contribution in [0.2, 0.25) is 0 Å². The van der Waals surface area contributed by atoms with Gasteiger partial charge in [0.25, 0.3) is 0 Å². The zero-order valence-electron chi connectivity index (χ0n) is 29.9. The molecule has 11 aromatic rings. The van der Waals surface area contributed by atoms with Gasteiger partial charge < -0.3 is 8.83 Å². The molecule has 4 aromatic heterocycles. The average Bonchev–Trinajstić information content (AvgIpc) is 3.86. The second-order valence-electron chi connectivity index (χ2n) is 13.8. The van der Waals surface area contributed by atoms with Crippen molar-refractivity contribution in [2.75, 3.05) is 0 Å². The summed E-state index contributed by atoms with van der Waals surface area (Å²) in [6.45, 7) is 0. The summed E-state index contributed by atoms with van der Waals surface area (Å²) in [6.07, 6.45) is 0. The molecule has 56 heavy (non-hydrogen) atoms. The number of rotatable bonds is 6. The number of nitrogens with zero attached hydrogens (tertiary/aromatic N) is 4. The first-order chi connectivity index (χ1) is 27.7. The Bertz CT molecular complexity index is 3170. The van der Waals surface area contributed by atoms with Crippen molar-refractivity contribution in [2.24, 2.45) is 0 Å². The van der Waals surface area contributed by atoms with Crippen molar-refractivity contribution in [3.63, 3.8) is 0 Å². The number of fused-ring (bicyclic) bond motifs is 6. The molecule has 7 aromatic carbocycles. The van der Waals surface area contributed by atoms with Crippen LogP contribution in [0.4, 0.5) is 0 Å². The molecule has 0 N–H and O–H groups in total. The van der Waals surface area contributed by atoms with Gasteiger partial charge >= 0.3 is 0 Å². The summed E-state index contributed by atoms with van der Waals surface area (Å²) in [4.78, 5) is 20.4. The normalized spacial score (nSPS) is 11.6. The van der Waals surface area contributed by atoms with Crippen LogP contribution in [0.1, 0.15) is 0 Å². The second kappa shape index (κ2) is 13.0. The summed E-state index contributed by atoms with van der Waals surface area (Å²) < 4.78 is 13.0. The highest BCUT2D eigenvalue weighted by molar-refractivity contribution is 6.15. The maximum absolute atomic E-state index is 6.70. The summed E-state index contributed by atoms with van der Waals surface area (Å²) in [7, 11) is 0. The summed E-state index contributed by atoms with van der Waals surface area (Å²) in [5, 5.41) is 2.94. The molecule has 0 amide bonds. The molecule has 0 spiro atoms. The molecule has 0 aliphatic carbocycles. The molecule has 262 valence electrons. The molecule has 0 atom stereocenters. The fourth-order valence-corrected chi connectivity index (χ4v) is 7.65. The Labute approximate surface area is 321 Å². The zero-order chi connectivity index (χ0) is 37.0. The van der Waals surface area contributed by atoms with Crippen LogP contribution in [0, 0.1) is 0 Å². The van der Waals surface area contributed by atoms with Crippen molar-refractivity contribution in [3.8, 4) is 67.7 Å². The van der Waals surface area contributed by atoms with Gasteiger partial charge in [0.1, 0.15) is 28.0 Å². The van der Waals surface area contributed by atoms with E-state index in [9.17, 15) is 0 Å². The van der Waals surface area contributed by atoms with E-state index in [2.05, 4.69) is 91.0 Å². The van der Waals surface area contributed by atoms with Crippen LogP contribution in [-0.2, 0) is 0 Å². The van der Waals surface area contributed by atoms with Crippen molar-refractivity contribution in [3.05, 3.63) is 182 Å². The van der Waals surface area contributed by atoms with Crippen LogP contribution in [0.25, 0.3) is 112 Å². The minimum absolute atomic E-state index is 0.633. The third-order valence-corrected chi connectivity index (χ3v) is 10.3. The molecule has 0 bridgehead atoms. The number of aromatic nitrogens is 4. The van der Waals surface area contributed by atoms with E-state index in [0.717, 1.165) is 94.5 Å². The number of furan rings is 2. The minimum atomic E-state index is 0.633. The van der Waals surface area contributed by atoms with Crippen LogP contribution >= 0.6 is 0 Å². The van der Waals surface area contributed by atoms with E-state index in [0.29, 0.717) is 17.2 Å². The van der Waals surface area contributed by atoms with Crippen molar-refractivity contribution >= 4 is 44.0 Å². The van der Waals surface area contributed by atoms with E-state index < -0.39 is 0 Å². The maximum atomic E-state index is 6.70. The highest BCUT2D eigenvalue weighted by atomic mass is 16.3. The van der Waals surface area contributed by atoms with Gasteiger partial charge in [0.2, 0.25) is 0 Å². The Morgan fingerprint density at radius 2 is 0.893 bits per heavy atom. The molecule has 0 fully saturated rings. The molecule has 0 saturated carbocycles. The molecule has 0 aliphatic rings. The topological polar surface area (TPSA) is 77.8 Å². The average molecular weight is 719 g/mol. The summed E-state index contributed by atoms with van der Waals surface area (Å²) in [5.41, 5.74) is 13.2. The van der Waals surface area contributed by atoms with Gasteiger partial charge in [0, 0.05) is 49.5 Å². The quantitative estimate of drug-likeness (QED) is 0.170. The standard InChI is InChI=1S/C50H30N4O2/c1-4-14-32(15-5-1)40-30-41(33-16-6-2-7-17-33)52-50(51-40)39-23-13-25-43-44(39)38-22-12-21-36(47(38)56-43)31-26-28-35(29-27-31)49-53-45(34-18-8-3-9-19-34)48-46(54-49)37-20-10-11-24-42(37)55-48/h1-30H. The first-order valence-corrected chi connectivity index (χ1v) is 18.6. The Morgan fingerprint density at radius 1 is 0.339 bits per heavy atom. The molecular weight excluding hydrogens is 689 g/mol. The maximum Gasteiger partial charge on any atom is 0.180 e. The molecule has 0 radical (unpaired) electrons. The van der Waals surface area contributed by atoms with Gasteiger partial charge in [-0.2, -0.15) is 0 Å². The van der Waals surface area contributed by atoms with Crippen molar-refractivity contribution in [1.29, 1.82) is 0 Å². The molecule has 6 heteroatoms. The van der Waals surface area contributed by atoms with Crippen LogP contribution < -0.4 is 0 Å². The Hall–Kier alpha value is -7.70. The predicted molar refractivity (Wildman–Crippen MR) is 225 cm³/mol. The van der Waals surface area contributed by atoms with E-state index in [-0.39, 0.29) is 0 Å². The van der Waals surface area contributed by atoms with Gasteiger partial charge in [-0.1, -0.05) is 158 Å². The van der Waals surface area contributed by atoms with Crippen LogP contribution in [0.5, 0.6) is 0 Å².